The molecule has 1 N–H and O–H groups in total. The van der Waals surface area contributed by atoms with Crippen molar-refractivity contribution in [2.75, 3.05) is 55.6 Å². The van der Waals surface area contributed by atoms with Gasteiger partial charge in [0, 0.05) is 85.0 Å². The number of hydrogen-bond acceptors (Lipinski definition) is 8. The van der Waals surface area contributed by atoms with E-state index in [2.05, 4.69) is 135 Å². The highest BCUT2D eigenvalue weighted by atomic mass is 32.1. The Hall–Kier alpha value is -5.25. The fourth-order valence-corrected chi connectivity index (χ4v) is 12.3. The molecule has 3 atom stereocenters. The summed E-state index contributed by atoms with van der Waals surface area (Å²) in [5.74, 6) is 5.32. The van der Waals surface area contributed by atoms with Crippen molar-refractivity contribution in [2.45, 2.75) is 64.8 Å². The van der Waals surface area contributed by atoms with Gasteiger partial charge in [-0.2, -0.15) is 0 Å². The van der Waals surface area contributed by atoms with Gasteiger partial charge in [0.2, 0.25) is 0 Å². The Morgan fingerprint density at radius 3 is 2.15 bits per heavy atom. The van der Waals surface area contributed by atoms with Crippen LogP contribution in [0.5, 0.6) is 5.75 Å². The van der Waals surface area contributed by atoms with E-state index < -0.39 is 0 Å². The maximum Gasteiger partial charge on any atom is 0.162 e. The summed E-state index contributed by atoms with van der Waals surface area (Å²) in [5.41, 5.74) is 12.8. The molecule has 0 radical (unpaired) electrons. The highest BCUT2D eigenvalue weighted by Crippen LogP contribution is 2.47. The lowest BCUT2D eigenvalue weighted by Gasteiger charge is -2.49. The number of phenolic OH excluding ortho intramolecular Hbond substituents is 1. The SMILES string of the molecule is Cc1sc2c(c1C)C(c1ccc(N3CC(CN4CC(CC5CN(c6ccc([C@@H]7c8ccc(O)cc8CC[C@@H]7c7ccccc7)cc6)C5)C4)C3)cc1)=N[C@@H](C)c1nnc(C)n1-2. The Morgan fingerprint density at radius 1 is 0.733 bits per heavy atom. The molecule has 0 unspecified atom stereocenters. The Morgan fingerprint density at radius 2 is 1.42 bits per heavy atom. The molecule has 1 aliphatic carbocycles. The number of rotatable bonds is 9. The van der Waals surface area contributed by atoms with E-state index in [0.717, 1.165) is 61.0 Å². The van der Waals surface area contributed by atoms with E-state index in [-0.39, 0.29) is 6.04 Å². The average Bonchev–Trinajstić information content (AvgIpc) is 3.71. The van der Waals surface area contributed by atoms with E-state index in [1.807, 2.05) is 30.4 Å². The van der Waals surface area contributed by atoms with Gasteiger partial charge in [0.25, 0.3) is 0 Å². The van der Waals surface area contributed by atoms with Crippen molar-refractivity contribution in [1.29, 1.82) is 0 Å². The number of fused-ring (bicyclic) bond motifs is 4. The van der Waals surface area contributed by atoms with Crippen LogP contribution in [0.1, 0.15) is 93.1 Å². The molecule has 60 heavy (non-hydrogen) atoms. The zero-order valence-corrected chi connectivity index (χ0v) is 36.1. The number of hydrogen-bond donors (Lipinski definition) is 1. The molecule has 11 rings (SSSR count). The van der Waals surface area contributed by atoms with Crippen molar-refractivity contribution in [3.8, 4) is 10.8 Å². The van der Waals surface area contributed by atoms with Crippen LogP contribution in [-0.4, -0.2) is 76.3 Å². The minimum absolute atomic E-state index is 0.0664. The van der Waals surface area contributed by atoms with Crippen molar-refractivity contribution >= 4 is 28.4 Å². The maximum atomic E-state index is 10.2. The number of aliphatic imine (C=N–C) groups is 1. The molecule has 0 spiro atoms. The lowest BCUT2D eigenvalue weighted by molar-refractivity contribution is 0.0570. The molecule has 4 aliphatic heterocycles. The van der Waals surface area contributed by atoms with Crippen LogP contribution in [0.3, 0.4) is 0 Å². The third-order valence-electron chi connectivity index (χ3n) is 14.4. The lowest BCUT2D eigenvalue weighted by Crippen LogP contribution is -2.57. The van der Waals surface area contributed by atoms with Crippen LogP contribution in [0.15, 0.2) is 102 Å². The molecule has 0 amide bonds. The lowest BCUT2D eigenvalue weighted by atomic mass is 9.69. The zero-order valence-electron chi connectivity index (χ0n) is 35.3. The van der Waals surface area contributed by atoms with Crippen LogP contribution in [0.25, 0.3) is 5.00 Å². The Bertz CT molecular complexity index is 2560. The number of aromatic nitrogens is 3. The summed E-state index contributed by atoms with van der Waals surface area (Å²) in [5, 5.41) is 20.3. The van der Waals surface area contributed by atoms with Gasteiger partial charge in [0.05, 0.1) is 5.71 Å². The van der Waals surface area contributed by atoms with Crippen molar-refractivity contribution in [2.24, 2.45) is 22.7 Å². The second-order valence-corrected chi connectivity index (χ2v) is 19.7. The summed E-state index contributed by atoms with van der Waals surface area (Å²) >= 11 is 1.82. The van der Waals surface area contributed by atoms with Crippen LogP contribution in [-0.2, 0) is 6.42 Å². The standard InChI is InChI=1S/C51H55N7OS/c1-31-33(3)60-51-47(31)49(52-32(2)50-54-53-34(4)58(50)51)40-12-17-43(18-13-40)57-29-37(30-57)26-55-24-35(25-55)22-36-27-56(28-36)42-15-10-39(11-16-42)48-45(38-8-6-5-7-9-38)20-14-41-23-44(59)19-21-46(41)48/h5-13,15-19,21,23,32,35-37,45,48,59H,14,20,22,24-30H2,1-4H3/t32-,45+,48-/m0/s1. The van der Waals surface area contributed by atoms with Gasteiger partial charge >= 0.3 is 0 Å². The normalized spacial score (nSPS) is 21.9. The first-order valence-electron chi connectivity index (χ1n) is 22.1. The minimum atomic E-state index is -0.0664. The van der Waals surface area contributed by atoms with E-state index >= 15 is 0 Å². The molecular weight excluding hydrogens is 759 g/mol. The van der Waals surface area contributed by atoms with Gasteiger partial charge in [-0.3, -0.25) is 9.56 Å². The highest BCUT2D eigenvalue weighted by Gasteiger charge is 2.38. The molecule has 0 saturated carbocycles. The van der Waals surface area contributed by atoms with Gasteiger partial charge in [-0.15, -0.1) is 21.5 Å². The summed E-state index contributed by atoms with van der Waals surface area (Å²) in [4.78, 5) is 14.4. The molecule has 6 aromatic rings. The smallest absolute Gasteiger partial charge is 0.162 e. The monoisotopic (exact) mass is 813 g/mol. The van der Waals surface area contributed by atoms with Crippen LogP contribution in [0.2, 0.25) is 0 Å². The quantitative estimate of drug-likeness (QED) is 0.157. The van der Waals surface area contributed by atoms with Gasteiger partial charge in [-0.25, -0.2) is 0 Å². The van der Waals surface area contributed by atoms with E-state index in [4.69, 9.17) is 4.99 Å². The predicted octanol–water partition coefficient (Wildman–Crippen LogP) is 9.63. The molecule has 2 aromatic heterocycles. The van der Waals surface area contributed by atoms with Gasteiger partial charge in [0.1, 0.15) is 22.6 Å². The van der Waals surface area contributed by atoms with Crippen LogP contribution < -0.4 is 9.80 Å². The number of aromatic hydroxyl groups is 1. The topological polar surface area (TPSA) is 73.0 Å². The first kappa shape index (κ1) is 37.7. The third-order valence-corrected chi connectivity index (χ3v) is 15.6. The average molecular weight is 814 g/mol. The van der Waals surface area contributed by atoms with Crippen molar-refractivity contribution in [1.82, 2.24) is 19.7 Å². The highest BCUT2D eigenvalue weighted by molar-refractivity contribution is 7.15. The molecular formula is C51H55N7OS. The van der Waals surface area contributed by atoms with Crippen LogP contribution in [0.4, 0.5) is 11.4 Å². The van der Waals surface area contributed by atoms with Crippen molar-refractivity contribution < 1.29 is 5.11 Å². The maximum absolute atomic E-state index is 10.2. The molecule has 306 valence electrons. The molecule has 3 saturated heterocycles. The van der Waals surface area contributed by atoms with Gasteiger partial charge < -0.3 is 19.8 Å². The molecule has 4 aromatic carbocycles. The van der Waals surface area contributed by atoms with Gasteiger partial charge in [0.15, 0.2) is 5.82 Å². The largest absolute Gasteiger partial charge is 0.508 e. The zero-order chi connectivity index (χ0) is 40.6. The first-order valence-corrected chi connectivity index (χ1v) is 23.0. The summed E-state index contributed by atoms with van der Waals surface area (Å²) in [6.45, 7) is 17.0. The molecule has 5 aliphatic rings. The number of aryl methyl sites for hydroxylation is 3. The van der Waals surface area contributed by atoms with E-state index in [1.54, 1.807) is 0 Å². The molecule has 0 bridgehead atoms. The predicted molar refractivity (Wildman–Crippen MR) is 244 cm³/mol. The molecule has 9 heteroatoms. The molecule has 8 nitrogen and oxygen atoms in total. The minimum Gasteiger partial charge on any atom is -0.508 e. The summed E-state index contributed by atoms with van der Waals surface area (Å²) in [6.07, 6.45) is 3.45. The van der Waals surface area contributed by atoms with Crippen LogP contribution >= 0.6 is 11.3 Å². The fourth-order valence-electron chi connectivity index (χ4n) is 11.1. The number of benzene rings is 4. The summed E-state index contributed by atoms with van der Waals surface area (Å²) in [6, 6.07) is 35.5. The van der Waals surface area contributed by atoms with Gasteiger partial charge in [-0.1, -0.05) is 60.7 Å². The Kier molecular flexibility index (Phi) is 9.45. The van der Waals surface area contributed by atoms with Crippen LogP contribution in [0, 0.1) is 38.5 Å². The second-order valence-electron chi connectivity index (χ2n) is 18.5. The first-order chi connectivity index (χ1) is 29.2. The number of nitrogens with zero attached hydrogens (tertiary/aromatic N) is 7. The number of likely N-dealkylation sites (tertiary alicyclic amines) is 1. The summed E-state index contributed by atoms with van der Waals surface area (Å²) < 4.78 is 2.21. The van der Waals surface area contributed by atoms with E-state index in [9.17, 15) is 5.11 Å². The van der Waals surface area contributed by atoms with Gasteiger partial charge in [-0.05, 0) is 129 Å². The van der Waals surface area contributed by atoms with Crippen molar-refractivity contribution in [3.63, 3.8) is 0 Å². The fraction of sp³-hybridized carbons (Fsp3) is 0.392. The number of anilines is 2. The van der Waals surface area contributed by atoms with Crippen molar-refractivity contribution in [3.05, 3.63) is 153 Å². The Labute approximate surface area is 358 Å². The molecule has 6 heterocycles. The Balaban J connectivity index is 0.653. The second kappa shape index (κ2) is 15.0. The third kappa shape index (κ3) is 6.65. The molecule has 3 fully saturated rings. The number of phenols is 1. The number of thiophene rings is 1. The van der Waals surface area contributed by atoms with E-state index in [0.29, 0.717) is 17.6 Å². The summed E-state index contributed by atoms with van der Waals surface area (Å²) in [7, 11) is 0. The van der Waals surface area contributed by atoms with E-state index in [1.165, 1.54) is 99.3 Å².